The highest BCUT2D eigenvalue weighted by Crippen LogP contribution is 2.26. The molecule has 39 heavy (non-hydrogen) atoms. The first-order chi connectivity index (χ1) is 18.8. The largest absolute Gasteiger partial charge is 0.481 e. The Hall–Kier alpha value is -4.81. The van der Waals surface area contributed by atoms with Gasteiger partial charge in [-0.05, 0) is 59.2 Å². The lowest BCUT2D eigenvalue weighted by Gasteiger charge is -2.10. The van der Waals surface area contributed by atoms with Crippen LogP contribution < -0.4 is 5.32 Å². The molecule has 0 saturated heterocycles. The molecule has 0 aliphatic heterocycles. The fourth-order valence-electron chi connectivity index (χ4n) is 3.89. The highest BCUT2D eigenvalue weighted by Gasteiger charge is 2.18. The summed E-state index contributed by atoms with van der Waals surface area (Å²) in [6.45, 7) is -0.00643. The highest BCUT2D eigenvalue weighted by molar-refractivity contribution is 6.33. The zero-order valence-electron chi connectivity index (χ0n) is 20.8. The molecule has 6 nitrogen and oxygen atoms in total. The third kappa shape index (κ3) is 7.15. The Morgan fingerprint density at radius 3 is 1.82 bits per heavy atom. The van der Waals surface area contributed by atoms with Crippen LogP contribution in [0.3, 0.4) is 0 Å². The molecule has 0 heterocycles. The number of Topliss-reactive ketones (excluding diaryl/α,β-unsaturated/α-hetero) is 1. The number of benzene rings is 4. The molecule has 0 aliphatic rings. The van der Waals surface area contributed by atoms with Crippen LogP contribution in [0.2, 0.25) is 5.02 Å². The normalized spacial score (nSPS) is 11.1. The Labute approximate surface area is 230 Å². The Kier molecular flexibility index (Phi) is 8.82. The number of hydrogen-bond donors (Lipinski definition) is 2. The number of nitrogens with one attached hydrogen (secondary N) is 1. The number of allylic oxidation sites excluding steroid dienone is 2. The molecule has 1 amide bonds. The van der Waals surface area contributed by atoms with Gasteiger partial charge in [0, 0.05) is 33.8 Å². The predicted octanol–water partition coefficient (Wildman–Crippen LogP) is 6.36. The molecule has 0 spiro atoms. The van der Waals surface area contributed by atoms with E-state index in [4.69, 9.17) is 16.7 Å². The van der Waals surface area contributed by atoms with E-state index in [1.165, 1.54) is 30.3 Å². The zero-order valence-corrected chi connectivity index (χ0v) is 21.5. The van der Waals surface area contributed by atoms with Gasteiger partial charge in [-0.1, -0.05) is 78.3 Å². The molecule has 4 rings (SSSR count). The maximum atomic E-state index is 13.6. The molecule has 0 unspecified atom stereocenters. The van der Waals surface area contributed by atoms with E-state index in [0.717, 1.165) is 11.1 Å². The van der Waals surface area contributed by atoms with Gasteiger partial charge in [0.15, 0.2) is 11.6 Å². The minimum Gasteiger partial charge on any atom is -0.481 e. The van der Waals surface area contributed by atoms with E-state index in [9.17, 15) is 19.2 Å². The zero-order chi connectivity index (χ0) is 27.8. The van der Waals surface area contributed by atoms with Crippen molar-refractivity contribution >= 4 is 40.6 Å². The molecule has 4 aromatic rings. The van der Waals surface area contributed by atoms with Gasteiger partial charge in [-0.15, -0.1) is 0 Å². The van der Waals surface area contributed by atoms with Gasteiger partial charge < -0.3 is 10.4 Å². The average Bonchev–Trinajstić information content (AvgIpc) is 2.96. The summed E-state index contributed by atoms with van der Waals surface area (Å²) in [6.07, 6.45) is 1.12. The number of amides is 1. The van der Waals surface area contributed by atoms with Crippen molar-refractivity contribution in [2.75, 3.05) is 6.54 Å². The van der Waals surface area contributed by atoms with Crippen molar-refractivity contribution in [2.45, 2.75) is 6.42 Å². The van der Waals surface area contributed by atoms with E-state index in [1.807, 2.05) is 42.5 Å². The van der Waals surface area contributed by atoms with E-state index < -0.39 is 11.9 Å². The molecule has 0 bridgehead atoms. The Balaban J connectivity index is 1.64. The molecule has 2 N–H and O–H groups in total. The van der Waals surface area contributed by atoms with Crippen molar-refractivity contribution in [3.05, 3.63) is 136 Å². The van der Waals surface area contributed by atoms with Crippen LogP contribution in [0.5, 0.6) is 0 Å². The van der Waals surface area contributed by atoms with Crippen LogP contribution in [-0.2, 0) is 4.79 Å². The Bertz CT molecular complexity index is 1520. The topological polar surface area (TPSA) is 101 Å². The average molecular weight is 538 g/mol. The second kappa shape index (κ2) is 12.6. The summed E-state index contributed by atoms with van der Waals surface area (Å²) in [5, 5.41) is 11.8. The lowest BCUT2D eigenvalue weighted by molar-refractivity contribution is -0.136. The van der Waals surface area contributed by atoms with Gasteiger partial charge in [0.25, 0.3) is 5.91 Å². The fourth-order valence-corrected chi connectivity index (χ4v) is 4.02. The first-order valence-electron chi connectivity index (χ1n) is 12.1. The number of halogens is 1. The van der Waals surface area contributed by atoms with Crippen LogP contribution in [0.15, 0.2) is 109 Å². The summed E-state index contributed by atoms with van der Waals surface area (Å²) < 4.78 is 0. The van der Waals surface area contributed by atoms with Crippen LogP contribution in [0.1, 0.15) is 43.1 Å². The third-order valence-corrected chi connectivity index (χ3v) is 6.24. The van der Waals surface area contributed by atoms with Crippen LogP contribution in [0, 0.1) is 0 Å². The molecular weight excluding hydrogens is 514 g/mol. The molecular formula is C32H24ClNO5. The second-order valence-corrected chi connectivity index (χ2v) is 9.12. The number of carboxylic acid groups (broad SMARTS) is 1. The van der Waals surface area contributed by atoms with Crippen molar-refractivity contribution in [1.82, 2.24) is 5.32 Å². The van der Waals surface area contributed by atoms with Crippen LogP contribution in [-0.4, -0.2) is 35.1 Å². The number of ketones is 2. The molecule has 7 heteroatoms. The molecule has 0 saturated carbocycles. The molecule has 0 radical (unpaired) electrons. The summed E-state index contributed by atoms with van der Waals surface area (Å²) in [5.41, 5.74) is 3.72. The first kappa shape index (κ1) is 27.2. The molecule has 4 aromatic carbocycles. The lowest BCUT2D eigenvalue weighted by Crippen LogP contribution is -2.26. The number of carboxylic acids is 1. The summed E-state index contributed by atoms with van der Waals surface area (Å²) in [4.78, 5) is 49.7. The predicted molar refractivity (Wildman–Crippen MR) is 151 cm³/mol. The second-order valence-electron chi connectivity index (χ2n) is 8.68. The number of aliphatic carboxylic acids is 1. The van der Waals surface area contributed by atoms with Gasteiger partial charge in [-0.2, -0.15) is 0 Å². The number of carbonyl (C=O) groups excluding carboxylic acids is 3. The first-order valence-corrected chi connectivity index (χ1v) is 12.5. The van der Waals surface area contributed by atoms with E-state index in [0.29, 0.717) is 21.7 Å². The van der Waals surface area contributed by atoms with Crippen LogP contribution in [0.4, 0.5) is 0 Å². The summed E-state index contributed by atoms with van der Waals surface area (Å²) in [6, 6.07) is 29.6. The van der Waals surface area contributed by atoms with Crippen molar-refractivity contribution in [1.29, 1.82) is 0 Å². The molecule has 0 fully saturated rings. The van der Waals surface area contributed by atoms with Gasteiger partial charge >= 0.3 is 5.97 Å². The minimum atomic E-state index is -1.01. The molecule has 0 atom stereocenters. The quantitative estimate of drug-likeness (QED) is 0.181. The smallest absolute Gasteiger partial charge is 0.305 e. The fraction of sp³-hybridized carbons (Fsp3) is 0.0625. The highest BCUT2D eigenvalue weighted by atomic mass is 35.5. The maximum Gasteiger partial charge on any atom is 0.305 e. The van der Waals surface area contributed by atoms with Gasteiger partial charge in [0.1, 0.15) is 0 Å². The monoisotopic (exact) mass is 537 g/mol. The van der Waals surface area contributed by atoms with E-state index in [1.54, 1.807) is 36.4 Å². The number of rotatable bonds is 10. The molecule has 194 valence electrons. The third-order valence-electron chi connectivity index (χ3n) is 5.99. The Morgan fingerprint density at radius 1 is 0.667 bits per heavy atom. The van der Waals surface area contributed by atoms with E-state index >= 15 is 0 Å². The van der Waals surface area contributed by atoms with Gasteiger partial charge in [0.2, 0.25) is 0 Å². The molecule has 0 aliphatic carbocycles. The van der Waals surface area contributed by atoms with Crippen molar-refractivity contribution in [3.8, 4) is 11.1 Å². The van der Waals surface area contributed by atoms with Gasteiger partial charge in [-0.25, -0.2) is 0 Å². The summed E-state index contributed by atoms with van der Waals surface area (Å²) in [5.74, 6) is -2.19. The molecule has 0 aromatic heterocycles. The van der Waals surface area contributed by atoms with Crippen molar-refractivity contribution < 1.29 is 24.3 Å². The van der Waals surface area contributed by atoms with Crippen molar-refractivity contribution in [2.24, 2.45) is 0 Å². The number of hydrogen-bond acceptors (Lipinski definition) is 4. The minimum absolute atomic E-state index is 0.00643. The number of carbonyl (C=O) groups is 4. The van der Waals surface area contributed by atoms with Crippen LogP contribution >= 0.6 is 11.6 Å². The summed E-state index contributed by atoms with van der Waals surface area (Å²) >= 11 is 5.96. The standard InChI is InChI=1S/C32H24ClNO5/c33-27-16-14-24(15-17-27)29(35)20-28(23-8-6-22(7-9-23)21-4-2-1-3-5-21)31(38)25-10-12-26(13-11-25)32(39)34-19-18-30(36)37/h1-17,20H,18-19H2,(H,34,39)(H,36,37). The van der Waals surface area contributed by atoms with E-state index in [2.05, 4.69) is 5.32 Å². The van der Waals surface area contributed by atoms with E-state index in [-0.39, 0.29) is 35.7 Å². The SMILES string of the molecule is O=C(O)CCNC(=O)c1ccc(C(=O)C(=CC(=O)c2ccc(Cl)cc2)c2ccc(-c3ccccc3)cc2)cc1. The lowest BCUT2D eigenvalue weighted by atomic mass is 9.92. The Morgan fingerprint density at radius 2 is 1.21 bits per heavy atom. The summed E-state index contributed by atoms with van der Waals surface area (Å²) in [7, 11) is 0. The van der Waals surface area contributed by atoms with Crippen LogP contribution in [0.25, 0.3) is 16.7 Å². The van der Waals surface area contributed by atoms with Crippen molar-refractivity contribution in [3.63, 3.8) is 0 Å². The maximum absolute atomic E-state index is 13.6. The van der Waals surface area contributed by atoms with Gasteiger partial charge in [0.05, 0.1) is 6.42 Å². The van der Waals surface area contributed by atoms with Gasteiger partial charge in [-0.3, -0.25) is 19.2 Å².